The second-order valence-electron chi connectivity index (χ2n) is 8.65. The van der Waals surface area contributed by atoms with Crippen molar-refractivity contribution in [3.63, 3.8) is 0 Å². The summed E-state index contributed by atoms with van der Waals surface area (Å²) in [6, 6.07) is 12.2. The molecule has 0 aromatic heterocycles. The number of halogens is 3. The Kier molecular flexibility index (Phi) is 8.31. The van der Waals surface area contributed by atoms with Gasteiger partial charge in [-0.2, -0.15) is 13.2 Å². The van der Waals surface area contributed by atoms with Crippen molar-refractivity contribution < 1.29 is 22.2 Å². The fraction of sp³-hybridized carbons (Fsp3) is 0.458. The van der Waals surface area contributed by atoms with Crippen molar-refractivity contribution in [2.24, 2.45) is 0 Å². The van der Waals surface area contributed by atoms with Crippen LogP contribution in [0.2, 0.25) is 0 Å². The van der Waals surface area contributed by atoms with E-state index in [4.69, 9.17) is 0 Å². The van der Waals surface area contributed by atoms with E-state index in [1.807, 2.05) is 49.9 Å². The molecule has 2 aromatic carbocycles. The summed E-state index contributed by atoms with van der Waals surface area (Å²) in [5.41, 5.74) is 1.03. The van der Waals surface area contributed by atoms with Crippen molar-refractivity contribution >= 4 is 22.6 Å². The molecule has 2 aromatic rings. The minimum atomic E-state index is -4.48. The Morgan fingerprint density at radius 2 is 1.82 bits per heavy atom. The van der Waals surface area contributed by atoms with Crippen molar-refractivity contribution in [2.75, 3.05) is 25.0 Å². The maximum atomic E-state index is 13.2. The molecule has 0 radical (unpaired) electrons. The molecular weight excluding hydrogens is 451 g/mol. The third-order valence-corrected chi connectivity index (χ3v) is 7.41. The van der Waals surface area contributed by atoms with Gasteiger partial charge in [0.1, 0.15) is 11.0 Å². The number of alkyl halides is 3. The maximum absolute atomic E-state index is 13.2. The molecule has 5 nitrogen and oxygen atoms in total. The van der Waals surface area contributed by atoms with Gasteiger partial charge in [0.25, 0.3) is 0 Å². The predicted molar refractivity (Wildman–Crippen MR) is 124 cm³/mol. The van der Waals surface area contributed by atoms with Crippen LogP contribution < -0.4 is 5.32 Å². The molecule has 0 aliphatic carbocycles. The standard InChI is InChI=1S/C24H30F3N3O2S/c1-17(2)30(33(32)22-9-5-7-19(15-22)24(25,26)27)21-10-12-29(13-11-21)16-23(31)28-20-8-4-6-18(3)14-20/h4-9,14-15,17,21H,10-13,16H2,1-3H3,(H,28,31). The Bertz CT molecular complexity index is 989. The van der Waals surface area contributed by atoms with Crippen LogP contribution in [0.25, 0.3) is 0 Å². The van der Waals surface area contributed by atoms with Gasteiger partial charge >= 0.3 is 6.18 Å². The third kappa shape index (κ3) is 6.88. The van der Waals surface area contributed by atoms with Crippen LogP contribution in [0.15, 0.2) is 53.4 Å². The van der Waals surface area contributed by atoms with E-state index in [1.165, 1.54) is 12.1 Å². The molecule has 0 spiro atoms. The largest absolute Gasteiger partial charge is 0.416 e. The summed E-state index contributed by atoms with van der Waals surface area (Å²) in [5.74, 6) is -0.0905. The number of carbonyl (C=O) groups excluding carboxylic acids is 1. The Balaban J connectivity index is 1.60. The van der Waals surface area contributed by atoms with Crippen LogP contribution in [0.3, 0.4) is 0 Å². The predicted octanol–water partition coefficient (Wildman–Crippen LogP) is 4.85. The molecule has 1 aliphatic heterocycles. The second-order valence-corrected chi connectivity index (χ2v) is 10.0. The van der Waals surface area contributed by atoms with Crippen LogP contribution >= 0.6 is 0 Å². The summed E-state index contributed by atoms with van der Waals surface area (Å²) in [7, 11) is -1.71. The summed E-state index contributed by atoms with van der Waals surface area (Å²) in [4.78, 5) is 14.6. The number of piperidine rings is 1. The van der Waals surface area contributed by atoms with Gasteiger partial charge in [-0.1, -0.05) is 18.2 Å². The lowest BCUT2D eigenvalue weighted by Gasteiger charge is -2.39. The molecule has 9 heteroatoms. The average Bonchev–Trinajstić information content (AvgIpc) is 2.74. The van der Waals surface area contributed by atoms with Gasteiger partial charge in [0.05, 0.1) is 17.0 Å². The number of nitrogens with zero attached hydrogens (tertiary/aromatic N) is 2. The van der Waals surface area contributed by atoms with Crippen LogP contribution in [-0.2, 0) is 22.0 Å². The molecule has 0 saturated carbocycles. The number of likely N-dealkylation sites (tertiary alicyclic amines) is 1. The smallest absolute Gasteiger partial charge is 0.325 e. The summed E-state index contributed by atoms with van der Waals surface area (Å²) in [6.45, 7) is 7.31. The minimum absolute atomic E-state index is 0.0449. The van der Waals surface area contributed by atoms with Crippen LogP contribution in [0, 0.1) is 6.92 Å². The van der Waals surface area contributed by atoms with E-state index in [9.17, 15) is 22.2 Å². The van der Waals surface area contributed by atoms with E-state index in [0.29, 0.717) is 25.9 Å². The fourth-order valence-electron chi connectivity index (χ4n) is 4.11. The van der Waals surface area contributed by atoms with E-state index in [0.717, 1.165) is 23.4 Å². The SMILES string of the molecule is Cc1cccc(NC(=O)CN2CCC(N(C(C)C)S(=O)c3cccc(C(F)(F)F)c3)CC2)c1. The first-order valence-electron chi connectivity index (χ1n) is 11.0. The van der Waals surface area contributed by atoms with Gasteiger partial charge in [-0.05, 0) is 69.5 Å². The van der Waals surface area contributed by atoms with E-state index in [2.05, 4.69) is 5.32 Å². The van der Waals surface area contributed by atoms with Crippen LogP contribution in [0.4, 0.5) is 18.9 Å². The highest BCUT2D eigenvalue weighted by Crippen LogP contribution is 2.31. The van der Waals surface area contributed by atoms with Crippen LogP contribution in [-0.4, -0.2) is 51.0 Å². The molecule has 1 aliphatic rings. The van der Waals surface area contributed by atoms with Crippen LogP contribution in [0.5, 0.6) is 0 Å². The number of carbonyl (C=O) groups is 1. The highest BCUT2D eigenvalue weighted by atomic mass is 32.2. The molecule has 1 amide bonds. The Morgan fingerprint density at radius 1 is 1.15 bits per heavy atom. The van der Waals surface area contributed by atoms with E-state index < -0.39 is 22.7 Å². The fourth-order valence-corrected chi connectivity index (χ4v) is 5.64. The zero-order chi connectivity index (χ0) is 24.2. The van der Waals surface area contributed by atoms with Gasteiger partial charge < -0.3 is 5.32 Å². The summed E-state index contributed by atoms with van der Waals surface area (Å²) < 4.78 is 54.3. The first-order chi connectivity index (χ1) is 15.5. The van der Waals surface area contributed by atoms with Crippen molar-refractivity contribution in [3.8, 4) is 0 Å². The second kappa shape index (κ2) is 10.8. The number of rotatable bonds is 7. The molecule has 1 saturated heterocycles. The number of benzene rings is 2. The molecule has 1 unspecified atom stereocenters. The van der Waals surface area contributed by atoms with Crippen molar-refractivity contribution in [1.29, 1.82) is 0 Å². The molecule has 1 heterocycles. The molecule has 0 bridgehead atoms. The molecule has 180 valence electrons. The van der Waals surface area contributed by atoms with Gasteiger partial charge in [0, 0.05) is 30.9 Å². The van der Waals surface area contributed by atoms with E-state index in [1.54, 1.807) is 4.31 Å². The van der Waals surface area contributed by atoms with E-state index in [-0.39, 0.29) is 29.4 Å². The monoisotopic (exact) mass is 481 g/mol. The van der Waals surface area contributed by atoms with Crippen LogP contribution in [0.1, 0.15) is 37.8 Å². The molecule has 3 rings (SSSR count). The topological polar surface area (TPSA) is 52.7 Å². The molecule has 1 fully saturated rings. The number of amides is 1. The zero-order valence-corrected chi connectivity index (χ0v) is 19.9. The quantitative estimate of drug-likeness (QED) is 0.615. The van der Waals surface area contributed by atoms with Gasteiger partial charge in [0.15, 0.2) is 0 Å². The Hall–Kier alpha value is -2.23. The van der Waals surface area contributed by atoms with Gasteiger partial charge in [-0.25, -0.2) is 8.51 Å². The molecule has 1 N–H and O–H groups in total. The third-order valence-electron chi connectivity index (χ3n) is 5.65. The Morgan fingerprint density at radius 3 is 2.42 bits per heavy atom. The lowest BCUT2D eigenvalue weighted by molar-refractivity contribution is -0.137. The highest BCUT2D eigenvalue weighted by molar-refractivity contribution is 7.82. The van der Waals surface area contributed by atoms with Gasteiger partial charge in [-0.15, -0.1) is 0 Å². The van der Waals surface area contributed by atoms with Crippen molar-refractivity contribution in [1.82, 2.24) is 9.21 Å². The average molecular weight is 482 g/mol. The van der Waals surface area contributed by atoms with Crippen molar-refractivity contribution in [2.45, 2.75) is 56.8 Å². The number of aryl methyl sites for hydroxylation is 1. The Labute approximate surface area is 195 Å². The number of nitrogens with one attached hydrogen (secondary N) is 1. The minimum Gasteiger partial charge on any atom is -0.325 e. The number of hydrogen-bond donors (Lipinski definition) is 1. The maximum Gasteiger partial charge on any atom is 0.416 e. The van der Waals surface area contributed by atoms with Gasteiger partial charge in [0.2, 0.25) is 5.91 Å². The molecule has 33 heavy (non-hydrogen) atoms. The zero-order valence-electron chi connectivity index (χ0n) is 19.1. The normalized spacial score (nSPS) is 16.8. The lowest BCUT2D eigenvalue weighted by atomic mass is 10.0. The van der Waals surface area contributed by atoms with Gasteiger partial charge in [-0.3, -0.25) is 9.69 Å². The molecule has 1 atom stereocenters. The molecular formula is C24H30F3N3O2S. The van der Waals surface area contributed by atoms with Crippen molar-refractivity contribution in [3.05, 3.63) is 59.7 Å². The summed E-state index contributed by atoms with van der Waals surface area (Å²) >= 11 is 0. The highest BCUT2D eigenvalue weighted by Gasteiger charge is 2.34. The summed E-state index contributed by atoms with van der Waals surface area (Å²) in [6.07, 6.45) is -3.12. The first kappa shape index (κ1) is 25.4. The summed E-state index contributed by atoms with van der Waals surface area (Å²) in [5, 5.41) is 2.91. The first-order valence-corrected chi connectivity index (χ1v) is 12.1. The number of hydrogen-bond acceptors (Lipinski definition) is 3. The van der Waals surface area contributed by atoms with E-state index >= 15 is 0 Å². The number of anilines is 1. The lowest BCUT2D eigenvalue weighted by Crippen LogP contribution is -2.49.